The van der Waals surface area contributed by atoms with Crippen molar-refractivity contribution in [2.75, 3.05) is 51.8 Å². The summed E-state index contributed by atoms with van der Waals surface area (Å²) in [5, 5.41) is 3.29. The van der Waals surface area contributed by atoms with Gasteiger partial charge in [0.05, 0.1) is 12.5 Å². The molecule has 0 spiro atoms. The normalized spacial score (nSPS) is 18.2. The quantitative estimate of drug-likeness (QED) is 0.561. The van der Waals surface area contributed by atoms with Crippen molar-refractivity contribution in [3.8, 4) is 0 Å². The van der Waals surface area contributed by atoms with E-state index < -0.39 is 11.2 Å². The predicted molar refractivity (Wildman–Crippen MR) is 58.4 cm³/mol. The molecule has 3 N–H and O–H groups in total. The maximum absolute atomic E-state index is 9.56. The molecule has 0 aliphatic carbocycles. The van der Waals surface area contributed by atoms with Gasteiger partial charge in [-0.1, -0.05) is 11.2 Å². The van der Waals surface area contributed by atoms with Gasteiger partial charge >= 0.3 is 0 Å². The van der Waals surface area contributed by atoms with Gasteiger partial charge < -0.3 is 15.6 Å². The molecule has 1 saturated heterocycles. The van der Waals surface area contributed by atoms with Crippen molar-refractivity contribution in [1.82, 2.24) is 10.2 Å². The van der Waals surface area contributed by atoms with Crippen molar-refractivity contribution in [3.05, 3.63) is 0 Å². The third kappa shape index (κ3) is 10.1. The summed E-state index contributed by atoms with van der Waals surface area (Å²) in [6.07, 6.45) is 3.28. The molecular weight excluding hydrogens is 186 g/mol. The molecule has 1 aliphatic rings. The molecule has 1 aliphatic heterocycles. The summed E-state index contributed by atoms with van der Waals surface area (Å²) < 4.78 is 9.56. The minimum atomic E-state index is -0.611. The number of hydrogen-bond acceptors (Lipinski definition) is 4. The summed E-state index contributed by atoms with van der Waals surface area (Å²) in [7, 11) is 0. The van der Waals surface area contributed by atoms with Gasteiger partial charge in [-0.2, -0.15) is 0 Å². The Labute approximate surface area is 84.0 Å². The zero-order valence-corrected chi connectivity index (χ0v) is 9.40. The molecule has 80 valence electrons. The van der Waals surface area contributed by atoms with Crippen LogP contribution >= 0.6 is 0 Å². The lowest BCUT2D eigenvalue weighted by molar-refractivity contribution is 0.247. The Bertz CT molecular complexity index is 102. The summed E-state index contributed by atoms with van der Waals surface area (Å²) in [6, 6.07) is 0. The van der Waals surface area contributed by atoms with E-state index >= 15 is 0 Å². The minimum Gasteiger partial charge on any atom is -0.617 e. The van der Waals surface area contributed by atoms with E-state index in [1.807, 2.05) is 0 Å². The lowest BCUT2D eigenvalue weighted by Crippen LogP contribution is -2.45. The van der Waals surface area contributed by atoms with Crippen LogP contribution in [0.3, 0.4) is 0 Å². The number of piperazine rings is 1. The highest BCUT2D eigenvalue weighted by Gasteiger charge is 2.06. The van der Waals surface area contributed by atoms with E-state index in [0.29, 0.717) is 0 Å². The van der Waals surface area contributed by atoms with Crippen LogP contribution in [0.15, 0.2) is 0 Å². The first-order valence-electron chi connectivity index (χ1n) is 4.55. The number of nitrogens with zero attached hydrogens (tertiary/aromatic N) is 1. The molecule has 0 saturated carbocycles. The van der Waals surface area contributed by atoms with Crippen LogP contribution < -0.4 is 11.1 Å². The first-order chi connectivity index (χ1) is 6.16. The topological polar surface area (TPSA) is 64.3 Å². The molecule has 4 nitrogen and oxygen atoms in total. The standard InChI is InChI=1S/C6H15N3.C2H6OS/c7-1-4-9-5-2-8-3-6-9;1-4(2)3/h8H,1-7H2;1-2H3. The molecule has 0 bridgehead atoms. The zero-order chi connectivity index (χ0) is 10.1. The van der Waals surface area contributed by atoms with E-state index in [4.69, 9.17) is 5.73 Å². The smallest absolute Gasteiger partial charge is 0.0946 e. The zero-order valence-electron chi connectivity index (χ0n) is 8.58. The Morgan fingerprint density at radius 3 is 2.23 bits per heavy atom. The van der Waals surface area contributed by atoms with Crippen molar-refractivity contribution in [2.45, 2.75) is 0 Å². The molecule has 0 aromatic carbocycles. The number of nitrogens with two attached hydrogens (primary N) is 1. The highest BCUT2D eigenvalue weighted by atomic mass is 32.2. The van der Waals surface area contributed by atoms with Crippen LogP contribution in [0.5, 0.6) is 0 Å². The summed E-state index contributed by atoms with van der Waals surface area (Å²) in [4.78, 5) is 2.39. The van der Waals surface area contributed by atoms with Crippen molar-refractivity contribution < 1.29 is 4.55 Å². The second kappa shape index (κ2) is 8.77. The maximum atomic E-state index is 9.56. The monoisotopic (exact) mass is 207 g/mol. The maximum Gasteiger partial charge on any atom is 0.0946 e. The first-order valence-corrected chi connectivity index (χ1v) is 6.51. The Morgan fingerprint density at radius 2 is 1.85 bits per heavy atom. The third-order valence-electron chi connectivity index (χ3n) is 1.65. The molecule has 1 rings (SSSR count). The lowest BCUT2D eigenvalue weighted by atomic mass is 10.3. The summed E-state index contributed by atoms with van der Waals surface area (Å²) >= 11 is -0.611. The van der Waals surface area contributed by atoms with Gasteiger partial charge in [0.2, 0.25) is 0 Å². The molecule has 0 atom stereocenters. The van der Waals surface area contributed by atoms with E-state index in [1.54, 1.807) is 12.5 Å². The molecule has 0 aromatic rings. The van der Waals surface area contributed by atoms with Crippen molar-refractivity contribution in [2.24, 2.45) is 5.73 Å². The Hall–Kier alpha value is 0.190. The largest absolute Gasteiger partial charge is 0.617 e. The molecule has 0 amide bonds. The highest BCUT2D eigenvalue weighted by Crippen LogP contribution is 1.88. The van der Waals surface area contributed by atoms with Crippen LogP contribution in [-0.4, -0.2) is 61.2 Å². The van der Waals surface area contributed by atoms with E-state index in [1.165, 1.54) is 0 Å². The van der Waals surface area contributed by atoms with Crippen molar-refractivity contribution in [3.63, 3.8) is 0 Å². The van der Waals surface area contributed by atoms with E-state index in [2.05, 4.69) is 10.2 Å². The van der Waals surface area contributed by atoms with Gasteiger partial charge in [0.15, 0.2) is 0 Å². The second-order valence-corrected chi connectivity index (χ2v) is 4.61. The molecule has 0 unspecified atom stereocenters. The van der Waals surface area contributed by atoms with Crippen molar-refractivity contribution in [1.29, 1.82) is 0 Å². The summed E-state index contributed by atoms with van der Waals surface area (Å²) in [5.74, 6) is 0. The predicted octanol–water partition coefficient (Wildman–Crippen LogP) is -1.15. The second-order valence-electron chi connectivity index (χ2n) is 3.12. The van der Waals surface area contributed by atoms with E-state index in [0.717, 1.165) is 39.3 Å². The van der Waals surface area contributed by atoms with Crippen LogP contribution in [0.2, 0.25) is 0 Å². The Balaban J connectivity index is 0.000000310. The van der Waals surface area contributed by atoms with Crippen molar-refractivity contribution >= 4 is 11.2 Å². The van der Waals surface area contributed by atoms with E-state index in [-0.39, 0.29) is 0 Å². The molecule has 0 radical (unpaired) electrons. The van der Waals surface area contributed by atoms with Crippen LogP contribution in [-0.2, 0) is 11.2 Å². The fourth-order valence-electron chi connectivity index (χ4n) is 1.12. The van der Waals surface area contributed by atoms with Crippen LogP contribution in [0, 0.1) is 0 Å². The van der Waals surface area contributed by atoms with Crippen LogP contribution in [0.25, 0.3) is 0 Å². The Kier molecular flexibility index (Phi) is 8.90. The number of nitrogens with one attached hydrogen (secondary N) is 1. The number of hydrogen-bond donors (Lipinski definition) is 2. The van der Waals surface area contributed by atoms with Crippen LogP contribution in [0.1, 0.15) is 0 Å². The molecular formula is C8H21N3OS. The van der Waals surface area contributed by atoms with Gasteiger partial charge in [0, 0.05) is 39.3 Å². The first kappa shape index (κ1) is 13.2. The van der Waals surface area contributed by atoms with Gasteiger partial charge in [-0.15, -0.1) is 0 Å². The van der Waals surface area contributed by atoms with Gasteiger partial charge in [-0.3, -0.25) is 4.90 Å². The molecule has 1 fully saturated rings. The average Bonchev–Trinajstić information content (AvgIpc) is 2.06. The summed E-state index contributed by atoms with van der Waals surface area (Å²) in [5.41, 5.74) is 5.40. The molecule has 5 heteroatoms. The lowest BCUT2D eigenvalue weighted by Gasteiger charge is -2.26. The SMILES string of the molecule is C[S+](C)[O-].NCCN1CCNCC1. The third-order valence-corrected chi connectivity index (χ3v) is 1.65. The van der Waals surface area contributed by atoms with Gasteiger partial charge in [-0.05, 0) is 0 Å². The fourth-order valence-corrected chi connectivity index (χ4v) is 1.12. The fraction of sp³-hybridized carbons (Fsp3) is 1.00. The Morgan fingerprint density at radius 1 is 1.38 bits per heavy atom. The molecule has 0 aromatic heterocycles. The summed E-state index contributed by atoms with van der Waals surface area (Å²) in [6.45, 7) is 6.43. The van der Waals surface area contributed by atoms with Gasteiger partial charge in [0.1, 0.15) is 0 Å². The van der Waals surface area contributed by atoms with Gasteiger partial charge in [-0.25, -0.2) is 0 Å². The number of rotatable bonds is 2. The van der Waals surface area contributed by atoms with Gasteiger partial charge in [0.25, 0.3) is 0 Å². The van der Waals surface area contributed by atoms with E-state index in [9.17, 15) is 4.55 Å². The minimum absolute atomic E-state index is 0.611. The average molecular weight is 207 g/mol. The molecule has 13 heavy (non-hydrogen) atoms. The highest BCUT2D eigenvalue weighted by molar-refractivity contribution is 7.89. The van der Waals surface area contributed by atoms with Crippen LogP contribution in [0.4, 0.5) is 0 Å². The molecule has 1 heterocycles.